The molecule has 0 saturated carbocycles. The highest BCUT2D eigenvalue weighted by atomic mass is 35.5. The fourth-order valence-electron chi connectivity index (χ4n) is 2.53. The lowest BCUT2D eigenvalue weighted by atomic mass is 9.97. The normalized spacial score (nSPS) is 16.6. The van der Waals surface area contributed by atoms with E-state index in [-0.39, 0.29) is 30.9 Å². The fraction of sp³-hybridized carbons (Fsp3) is 0.467. The van der Waals surface area contributed by atoms with Gasteiger partial charge in [-0.15, -0.1) is 31.4 Å². The van der Waals surface area contributed by atoms with Crippen molar-refractivity contribution < 1.29 is 5.11 Å². The molecule has 0 bridgehead atoms. The maximum absolute atomic E-state index is 10.1. The van der Waals surface area contributed by atoms with Crippen LogP contribution in [0.1, 0.15) is 24.9 Å². The number of benzene rings is 1. The maximum atomic E-state index is 10.1. The number of phenols is 1. The number of para-hydroxylation sites is 1. The van der Waals surface area contributed by atoms with Crippen LogP contribution in [0.15, 0.2) is 36.4 Å². The second-order valence-corrected chi connectivity index (χ2v) is 5.02. The van der Waals surface area contributed by atoms with Crippen molar-refractivity contribution in [2.45, 2.75) is 19.4 Å². The van der Waals surface area contributed by atoms with Gasteiger partial charge in [0.15, 0.2) is 0 Å². The first-order valence-corrected chi connectivity index (χ1v) is 6.55. The molecule has 5 heteroatoms. The summed E-state index contributed by atoms with van der Waals surface area (Å²) in [6.07, 6.45) is 0.900. The molecule has 2 rings (SSSR count). The first kappa shape index (κ1) is 19.3. The lowest BCUT2D eigenvalue weighted by Crippen LogP contribution is -2.45. The third kappa shape index (κ3) is 4.98. The molecule has 0 aliphatic carbocycles. The minimum absolute atomic E-state index is 0. The van der Waals surface area contributed by atoms with Crippen molar-refractivity contribution in [3.05, 3.63) is 42.0 Å². The molecule has 0 aromatic heterocycles. The second kappa shape index (κ2) is 9.24. The number of rotatable bonds is 4. The van der Waals surface area contributed by atoms with Gasteiger partial charge in [-0.05, 0) is 19.4 Å². The van der Waals surface area contributed by atoms with Crippen molar-refractivity contribution in [1.82, 2.24) is 10.2 Å². The van der Waals surface area contributed by atoms with Crippen LogP contribution < -0.4 is 5.32 Å². The van der Waals surface area contributed by atoms with Crippen molar-refractivity contribution in [2.75, 3.05) is 26.2 Å². The van der Waals surface area contributed by atoms with Crippen molar-refractivity contribution in [3.8, 4) is 5.75 Å². The van der Waals surface area contributed by atoms with Gasteiger partial charge >= 0.3 is 0 Å². The molecule has 0 amide bonds. The molecule has 3 nitrogen and oxygen atoms in total. The van der Waals surface area contributed by atoms with Gasteiger partial charge in [-0.1, -0.05) is 23.8 Å². The Kier molecular flexibility index (Phi) is 8.90. The Bertz CT molecular complexity index is 420. The van der Waals surface area contributed by atoms with Crippen LogP contribution in [0.2, 0.25) is 0 Å². The quantitative estimate of drug-likeness (QED) is 0.837. The Morgan fingerprint density at radius 1 is 1.30 bits per heavy atom. The van der Waals surface area contributed by atoms with Gasteiger partial charge in [0, 0.05) is 37.8 Å². The van der Waals surface area contributed by atoms with E-state index in [1.54, 1.807) is 6.07 Å². The van der Waals surface area contributed by atoms with Crippen LogP contribution in [0, 0.1) is 0 Å². The molecule has 1 aromatic carbocycles. The molecule has 1 heterocycles. The Morgan fingerprint density at radius 3 is 2.45 bits per heavy atom. The van der Waals surface area contributed by atoms with E-state index in [1.807, 2.05) is 18.2 Å². The minimum Gasteiger partial charge on any atom is -0.508 e. The van der Waals surface area contributed by atoms with Crippen LogP contribution in [0.4, 0.5) is 0 Å². The molecule has 0 radical (unpaired) electrons. The van der Waals surface area contributed by atoms with Gasteiger partial charge in [-0.2, -0.15) is 0 Å². The summed E-state index contributed by atoms with van der Waals surface area (Å²) in [5.41, 5.74) is 2.17. The smallest absolute Gasteiger partial charge is 0.120 e. The topological polar surface area (TPSA) is 35.5 Å². The van der Waals surface area contributed by atoms with Gasteiger partial charge in [0.2, 0.25) is 0 Å². The summed E-state index contributed by atoms with van der Waals surface area (Å²) in [5.74, 6) is 0.391. The monoisotopic (exact) mass is 318 g/mol. The number of halogens is 2. The zero-order chi connectivity index (χ0) is 13.0. The Hall–Kier alpha value is -0.740. The third-order valence-corrected chi connectivity index (χ3v) is 3.43. The molecular formula is C15H24Cl2N2O. The van der Waals surface area contributed by atoms with E-state index in [1.165, 1.54) is 0 Å². The fourth-order valence-corrected chi connectivity index (χ4v) is 2.53. The molecule has 1 fully saturated rings. The van der Waals surface area contributed by atoms with E-state index in [0.717, 1.165) is 43.7 Å². The van der Waals surface area contributed by atoms with Crippen LogP contribution in [0.3, 0.4) is 0 Å². The summed E-state index contributed by atoms with van der Waals surface area (Å²) in [5, 5.41) is 13.4. The molecule has 1 aromatic rings. The number of aromatic hydroxyl groups is 1. The molecule has 1 atom stereocenters. The number of phenolic OH excluding ortho intramolecular Hbond substituents is 1. The van der Waals surface area contributed by atoms with Gasteiger partial charge in [0.25, 0.3) is 0 Å². The van der Waals surface area contributed by atoms with Crippen LogP contribution in [-0.4, -0.2) is 36.2 Å². The van der Waals surface area contributed by atoms with E-state index in [2.05, 4.69) is 23.7 Å². The number of nitrogens with zero attached hydrogens (tertiary/aromatic N) is 1. The molecule has 0 unspecified atom stereocenters. The van der Waals surface area contributed by atoms with Crippen molar-refractivity contribution in [1.29, 1.82) is 0 Å². The first-order valence-electron chi connectivity index (χ1n) is 6.55. The molecular weight excluding hydrogens is 295 g/mol. The van der Waals surface area contributed by atoms with Crippen LogP contribution in [0.5, 0.6) is 5.75 Å². The summed E-state index contributed by atoms with van der Waals surface area (Å²) in [4.78, 5) is 2.43. The van der Waals surface area contributed by atoms with E-state index in [4.69, 9.17) is 0 Å². The molecule has 0 spiro atoms. The SMILES string of the molecule is C=C(C)C[C@H](c1ccccc1O)N1CCNCC1.Cl.Cl. The van der Waals surface area contributed by atoms with Crippen molar-refractivity contribution in [3.63, 3.8) is 0 Å². The average molecular weight is 319 g/mol. The Balaban J connectivity index is 0.00000180. The summed E-state index contributed by atoms with van der Waals surface area (Å²) in [6, 6.07) is 7.89. The van der Waals surface area contributed by atoms with E-state index in [9.17, 15) is 5.11 Å². The first-order chi connectivity index (χ1) is 8.68. The van der Waals surface area contributed by atoms with E-state index < -0.39 is 0 Å². The molecule has 1 aliphatic heterocycles. The number of hydrogen-bond donors (Lipinski definition) is 2. The van der Waals surface area contributed by atoms with Gasteiger partial charge in [-0.3, -0.25) is 4.90 Å². The zero-order valence-electron chi connectivity index (χ0n) is 11.8. The van der Waals surface area contributed by atoms with Gasteiger partial charge in [0.1, 0.15) is 5.75 Å². The highest BCUT2D eigenvalue weighted by Crippen LogP contribution is 2.32. The van der Waals surface area contributed by atoms with Crippen LogP contribution in [-0.2, 0) is 0 Å². The van der Waals surface area contributed by atoms with Gasteiger partial charge in [-0.25, -0.2) is 0 Å². The largest absolute Gasteiger partial charge is 0.508 e. The molecule has 1 saturated heterocycles. The van der Waals surface area contributed by atoms with Crippen molar-refractivity contribution in [2.24, 2.45) is 0 Å². The Morgan fingerprint density at radius 2 is 1.90 bits per heavy atom. The highest BCUT2D eigenvalue weighted by Gasteiger charge is 2.23. The van der Waals surface area contributed by atoms with E-state index >= 15 is 0 Å². The summed E-state index contributed by atoms with van der Waals surface area (Å²) in [7, 11) is 0. The highest BCUT2D eigenvalue weighted by molar-refractivity contribution is 5.85. The summed E-state index contributed by atoms with van der Waals surface area (Å²) < 4.78 is 0. The molecule has 1 aliphatic rings. The maximum Gasteiger partial charge on any atom is 0.120 e. The Labute approximate surface area is 133 Å². The number of piperazine rings is 1. The van der Waals surface area contributed by atoms with Gasteiger partial charge in [0.05, 0.1) is 0 Å². The third-order valence-electron chi connectivity index (χ3n) is 3.43. The van der Waals surface area contributed by atoms with Crippen molar-refractivity contribution >= 4 is 24.8 Å². The lowest BCUT2D eigenvalue weighted by molar-refractivity contribution is 0.170. The van der Waals surface area contributed by atoms with Crippen LogP contribution >= 0.6 is 24.8 Å². The minimum atomic E-state index is 0. The second-order valence-electron chi connectivity index (χ2n) is 5.02. The standard InChI is InChI=1S/C15H22N2O.2ClH/c1-12(2)11-14(17-9-7-16-8-10-17)13-5-3-4-6-15(13)18;;/h3-6,14,16,18H,1,7-11H2,2H3;2*1H/t14-;;/m1../s1. The molecule has 114 valence electrons. The van der Waals surface area contributed by atoms with E-state index in [0.29, 0.717) is 5.75 Å². The lowest BCUT2D eigenvalue weighted by Gasteiger charge is -2.35. The average Bonchev–Trinajstić information content (AvgIpc) is 2.38. The molecule has 2 N–H and O–H groups in total. The van der Waals surface area contributed by atoms with Gasteiger partial charge < -0.3 is 10.4 Å². The zero-order valence-corrected chi connectivity index (χ0v) is 13.5. The predicted octanol–water partition coefficient (Wildman–Crippen LogP) is 3.15. The predicted molar refractivity (Wildman–Crippen MR) is 89.2 cm³/mol. The summed E-state index contributed by atoms with van der Waals surface area (Å²) in [6.45, 7) is 10.1. The molecule has 20 heavy (non-hydrogen) atoms. The number of nitrogens with one attached hydrogen (secondary N) is 1. The summed E-state index contributed by atoms with van der Waals surface area (Å²) >= 11 is 0. The number of hydrogen-bond acceptors (Lipinski definition) is 3. The van der Waals surface area contributed by atoms with Crippen LogP contribution in [0.25, 0.3) is 0 Å².